The van der Waals surface area contributed by atoms with E-state index in [0.717, 1.165) is 5.56 Å². The van der Waals surface area contributed by atoms with Gasteiger partial charge in [-0.3, -0.25) is 19.2 Å². The maximum absolute atomic E-state index is 13.2. The van der Waals surface area contributed by atoms with Gasteiger partial charge in [-0.1, -0.05) is 78.9 Å². The third-order valence-electron chi connectivity index (χ3n) is 6.07. The van der Waals surface area contributed by atoms with Crippen molar-refractivity contribution in [2.75, 3.05) is 0 Å². The fourth-order valence-corrected chi connectivity index (χ4v) is 3.99. The summed E-state index contributed by atoms with van der Waals surface area (Å²) in [5, 5.41) is 9.11. The SMILES string of the molecule is NC(Cc1ccccc1C(=O)CC(N)C(=O)c1ccccc1CC(N)C(=O)OCc1ccccc1)C(=O)O. The number of Topliss-reactive ketones (excluding diaryl/α,β-unsaturated/α-hetero) is 2. The lowest BCUT2D eigenvalue weighted by molar-refractivity contribution is -0.146. The number of aliphatic carboxylic acids is 1. The number of rotatable bonds is 13. The molecule has 3 unspecified atom stereocenters. The molecule has 3 rings (SSSR count). The minimum Gasteiger partial charge on any atom is -0.480 e. The van der Waals surface area contributed by atoms with E-state index in [2.05, 4.69) is 0 Å². The molecule has 3 atom stereocenters. The summed E-state index contributed by atoms with van der Waals surface area (Å²) in [5.74, 6) is -2.67. The molecule has 9 heteroatoms. The molecule has 0 bridgehead atoms. The van der Waals surface area contributed by atoms with Crippen LogP contribution in [0.5, 0.6) is 0 Å². The molecule has 0 heterocycles. The molecule has 0 aliphatic rings. The van der Waals surface area contributed by atoms with Gasteiger partial charge in [-0.15, -0.1) is 0 Å². The fourth-order valence-electron chi connectivity index (χ4n) is 3.99. The van der Waals surface area contributed by atoms with Crippen molar-refractivity contribution in [3.8, 4) is 0 Å². The lowest BCUT2D eigenvalue weighted by atomic mass is 9.90. The molecule has 0 aromatic heterocycles. The smallest absolute Gasteiger partial charge is 0.323 e. The first kappa shape index (κ1) is 28.4. The second-order valence-electron chi connectivity index (χ2n) is 8.97. The number of carboxylic acids is 1. The molecule has 0 amide bonds. The van der Waals surface area contributed by atoms with Gasteiger partial charge >= 0.3 is 11.9 Å². The number of hydrogen-bond donors (Lipinski definition) is 4. The monoisotopic (exact) mass is 517 g/mol. The quantitative estimate of drug-likeness (QED) is 0.195. The first-order chi connectivity index (χ1) is 18.2. The molecule has 0 saturated carbocycles. The second kappa shape index (κ2) is 13.4. The number of esters is 1. The molecule has 0 spiro atoms. The van der Waals surface area contributed by atoms with Gasteiger partial charge in [0.05, 0.1) is 6.04 Å². The van der Waals surface area contributed by atoms with E-state index in [4.69, 9.17) is 27.0 Å². The van der Waals surface area contributed by atoms with E-state index in [1.165, 1.54) is 0 Å². The third kappa shape index (κ3) is 7.66. The Labute approximate surface area is 220 Å². The van der Waals surface area contributed by atoms with Gasteiger partial charge in [0.15, 0.2) is 11.6 Å². The molecule has 3 aromatic carbocycles. The molecule has 0 saturated heterocycles. The molecule has 0 aliphatic heterocycles. The summed E-state index contributed by atoms with van der Waals surface area (Å²) in [7, 11) is 0. The van der Waals surface area contributed by atoms with E-state index < -0.39 is 41.6 Å². The number of ketones is 2. The first-order valence-electron chi connectivity index (χ1n) is 12.1. The molecule has 0 aliphatic carbocycles. The van der Waals surface area contributed by atoms with Crippen molar-refractivity contribution in [1.82, 2.24) is 0 Å². The summed E-state index contributed by atoms with van der Waals surface area (Å²) in [4.78, 5) is 49.8. The van der Waals surface area contributed by atoms with Crippen molar-refractivity contribution in [3.63, 3.8) is 0 Å². The predicted molar refractivity (Wildman–Crippen MR) is 141 cm³/mol. The van der Waals surface area contributed by atoms with Gasteiger partial charge in [0.25, 0.3) is 0 Å². The Balaban J connectivity index is 1.67. The van der Waals surface area contributed by atoms with Crippen LogP contribution in [0.1, 0.15) is 43.8 Å². The van der Waals surface area contributed by atoms with Crippen molar-refractivity contribution >= 4 is 23.5 Å². The number of benzene rings is 3. The van der Waals surface area contributed by atoms with Crippen LogP contribution in [0.2, 0.25) is 0 Å². The van der Waals surface area contributed by atoms with Crippen LogP contribution >= 0.6 is 0 Å². The highest BCUT2D eigenvalue weighted by Crippen LogP contribution is 2.18. The van der Waals surface area contributed by atoms with E-state index >= 15 is 0 Å². The number of carbonyl (C=O) groups excluding carboxylic acids is 3. The Morgan fingerprint density at radius 3 is 1.84 bits per heavy atom. The van der Waals surface area contributed by atoms with E-state index in [9.17, 15) is 19.2 Å². The molecular formula is C29H31N3O6. The van der Waals surface area contributed by atoms with Crippen molar-refractivity contribution in [1.29, 1.82) is 0 Å². The molecule has 0 radical (unpaired) electrons. The zero-order valence-corrected chi connectivity index (χ0v) is 20.8. The van der Waals surface area contributed by atoms with Crippen LogP contribution in [0.3, 0.4) is 0 Å². The Hall–Kier alpha value is -4.18. The average molecular weight is 518 g/mol. The van der Waals surface area contributed by atoms with Gasteiger partial charge in [0.1, 0.15) is 18.7 Å². The zero-order valence-electron chi connectivity index (χ0n) is 20.8. The van der Waals surface area contributed by atoms with Gasteiger partial charge in [-0.25, -0.2) is 0 Å². The van der Waals surface area contributed by atoms with Crippen molar-refractivity contribution in [2.24, 2.45) is 17.2 Å². The summed E-state index contributed by atoms with van der Waals surface area (Å²) in [6.07, 6.45) is -0.286. The largest absolute Gasteiger partial charge is 0.480 e. The number of ether oxygens (including phenoxy) is 1. The maximum Gasteiger partial charge on any atom is 0.323 e. The molecule has 0 fully saturated rings. The van der Waals surface area contributed by atoms with Crippen LogP contribution in [0.15, 0.2) is 78.9 Å². The minimum absolute atomic E-state index is 0.0402. The summed E-state index contributed by atoms with van der Waals surface area (Å²) in [6, 6.07) is 19.0. The highest BCUT2D eigenvalue weighted by molar-refractivity contribution is 6.06. The second-order valence-corrected chi connectivity index (χ2v) is 8.97. The van der Waals surface area contributed by atoms with E-state index in [1.54, 1.807) is 48.5 Å². The van der Waals surface area contributed by atoms with E-state index in [0.29, 0.717) is 11.1 Å². The number of nitrogens with two attached hydrogens (primary N) is 3. The molecule has 198 valence electrons. The van der Waals surface area contributed by atoms with E-state index in [-0.39, 0.29) is 37.0 Å². The Morgan fingerprint density at radius 1 is 0.684 bits per heavy atom. The Bertz CT molecular complexity index is 1290. The lowest BCUT2D eigenvalue weighted by Crippen LogP contribution is -2.37. The van der Waals surface area contributed by atoms with E-state index in [1.807, 2.05) is 30.3 Å². The molecule has 3 aromatic rings. The number of carbonyl (C=O) groups is 4. The highest BCUT2D eigenvalue weighted by atomic mass is 16.5. The van der Waals surface area contributed by atoms with Crippen LogP contribution < -0.4 is 17.2 Å². The summed E-state index contributed by atoms with van der Waals surface area (Å²) in [5.41, 5.74) is 20.2. The minimum atomic E-state index is -1.18. The van der Waals surface area contributed by atoms with Crippen LogP contribution in [0.4, 0.5) is 0 Å². The zero-order chi connectivity index (χ0) is 27.7. The lowest BCUT2D eigenvalue weighted by Gasteiger charge is -2.17. The van der Waals surface area contributed by atoms with Crippen LogP contribution in [0, 0.1) is 0 Å². The van der Waals surface area contributed by atoms with Crippen LogP contribution in [-0.4, -0.2) is 46.7 Å². The first-order valence-corrected chi connectivity index (χ1v) is 12.1. The Kier molecular flexibility index (Phi) is 10.0. The van der Waals surface area contributed by atoms with Gasteiger partial charge in [-0.2, -0.15) is 0 Å². The Morgan fingerprint density at radius 2 is 1.21 bits per heavy atom. The van der Waals surface area contributed by atoms with Crippen LogP contribution in [-0.2, 0) is 33.8 Å². The van der Waals surface area contributed by atoms with Gasteiger partial charge < -0.3 is 27.0 Å². The summed E-state index contributed by atoms with van der Waals surface area (Å²) < 4.78 is 5.30. The maximum atomic E-state index is 13.2. The highest BCUT2D eigenvalue weighted by Gasteiger charge is 2.26. The van der Waals surface area contributed by atoms with Crippen molar-refractivity contribution < 1.29 is 29.0 Å². The molecule has 9 nitrogen and oxygen atoms in total. The molecule has 38 heavy (non-hydrogen) atoms. The number of hydrogen-bond acceptors (Lipinski definition) is 8. The topological polar surface area (TPSA) is 176 Å². The van der Waals surface area contributed by atoms with Gasteiger partial charge in [0, 0.05) is 17.5 Å². The average Bonchev–Trinajstić information content (AvgIpc) is 2.92. The number of carboxylic acid groups (broad SMARTS) is 1. The molecule has 7 N–H and O–H groups in total. The normalized spacial score (nSPS) is 13.2. The van der Waals surface area contributed by atoms with Crippen LogP contribution in [0.25, 0.3) is 0 Å². The summed E-state index contributed by atoms with van der Waals surface area (Å²) in [6.45, 7) is 0.0831. The molecular weight excluding hydrogens is 486 g/mol. The predicted octanol–water partition coefficient (Wildman–Crippen LogP) is 2.04. The van der Waals surface area contributed by atoms with Crippen molar-refractivity contribution in [2.45, 2.75) is 44.0 Å². The van der Waals surface area contributed by atoms with Gasteiger partial charge in [-0.05, 0) is 29.5 Å². The standard InChI is InChI=1S/C29H31N3O6/c30-23(16-26(33)21-12-6-4-10-19(21)14-24(31)28(35)36)27(34)22-13-7-5-11-20(22)15-25(32)29(37)38-17-18-8-2-1-3-9-18/h1-13,23-25H,14-17,30-32H2,(H,35,36). The van der Waals surface area contributed by atoms with Gasteiger partial charge in [0.2, 0.25) is 0 Å². The fraction of sp³-hybridized carbons (Fsp3) is 0.241. The third-order valence-corrected chi connectivity index (χ3v) is 6.07. The van der Waals surface area contributed by atoms with Crippen molar-refractivity contribution in [3.05, 3.63) is 107 Å². The summed E-state index contributed by atoms with van der Waals surface area (Å²) >= 11 is 0.